The lowest BCUT2D eigenvalue weighted by Gasteiger charge is -2.13. The van der Waals surface area contributed by atoms with E-state index in [2.05, 4.69) is 5.32 Å². The van der Waals surface area contributed by atoms with E-state index in [9.17, 15) is 4.79 Å². The molecule has 1 aliphatic heterocycles. The van der Waals surface area contributed by atoms with Gasteiger partial charge >= 0.3 is 0 Å². The van der Waals surface area contributed by atoms with E-state index >= 15 is 0 Å². The minimum absolute atomic E-state index is 0.241. The van der Waals surface area contributed by atoms with Gasteiger partial charge in [0.15, 0.2) is 0 Å². The molecular formula is C10H21NO2. The fraction of sp³-hybridized carbons (Fsp3) is 0.900. The molecule has 3 nitrogen and oxygen atoms in total. The first-order chi connectivity index (χ1) is 6.20. The molecule has 0 unspecified atom stereocenters. The molecule has 0 saturated carbocycles. The zero-order valence-electron chi connectivity index (χ0n) is 8.84. The van der Waals surface area contributed by atoms with Crippen LogP contribution in [0.2, 0.25) is 0 Å². The molecule has 1 aliphatic rings. The van der Waals surface area contributed by atoms with Gasteiger partial charge in [0.25, 0.3) is 0 Å². The van der Waals surface area contributed by atoms with E-state index in [0.29, 0.717) is 11.8 Å². The Balaban J connectivity index is 0.000000671. The number of rotatable bonds is 3. The number of hydrogen-bond acceptors (Lipinski definition) is 3. The molecule has 1 fully saturated rings. The van der Waals surface area contributed by atoms with Gasteiger partial charge in [-0.15, -0.1) is 0 Å². The van der Waals surface area contributed by atoms with Gasteiger partial charge in [-0.2, -0.15) is 0 Å². The summed E-state index contributed by atoms with van der Waals surface area (Å²) in [5, 5.41) is 10.4. The summed E-state index contributed by atoms with van der Waals surface area (Å²) in [7, 11) is 1.00. The van der Waals surface area contributed by atoms with E-state index in [1.54, 1.807) is 6.92 Å². The molecule has 13 heavy (non-hydrogen) atoms. The molecule has 0 aromatic rings. The lowest BCUT2D eigenvalue weighted by molar-refractivity contribution is -0.120. The molecule has 1 heterocycles. The van der Waals surface area contributed by atoms with Gasteiger partial charge in [-0.3, -0.25) is 4.79 Å². The van der Waals surface area contributed by atoms with Crippen LogP contribution in [0.15, 0.2) is 0 Å². The monoisotopic (exact) mass is 187 g/mol. The van der Waals surface area contributed by atoms with Crippen LogP contribution >= 0.6 is 0 Å². The number of aliphatic hydroxyl groups excluding tert-OH is 1. The maximum Gasteiger partial charge on any atom is 0.132 e. The van der Waals surface area contributed by atoms with Crippen molar-refractivity contribution in [3.8, 4) is 0 Å². The van der Waals surface area contributed by atoms with Gasteiger partial charge in [0.2, 0.25) is 0 Å². The number of Topliss-reactive ketones (excluding diaryl/α,β-unsaturated/α-hetero) is 1. The van der Waals surface area contributed by atoms with Crippen LogP contribution in [0.1, 0.15) is 33.1 Å². The summed E-state index contributed by atoms with van der Waals surface area (Å²) in [6.45, 7) is 4.83. The van der Waals surface area contributed by atoms with E-state index in [0.717, 1.165) is 20.1 Å². The van der Waals surface area contributed by atoms with Crippen LogP contribution < -0.4 is 5.32 Å². The van der Waals surface area contributed by atoms with Gasteiger partial charge in [-0.1, -0.05) is 6.92 Å². The summed E-state index contributed by atoms with van der Waals surface area (Å²) < 4.78 is 0. The first-order valence-corrected chi connectivity index (χ1v) is 4.88. The second kappa shape index (κ2) is 7.04. The number of carbonyl (C=O) groups is 1. The molecule has 1 rings (SSSR count). The van der Waals surface area contributed by atoms with Crippen molar-refractivity contribution in [2.45, 2.75) is 39.2 Å². The number of aliphatic hydroxyl groups is 1. The molecule has 2 atom stereocenters. The van der Waals surface area contributed by atoms with E-state index in [-0.39, 0.29) is 5.92 Å². The zero-order chi connectivity index (χ0) is 10.3. The van der Waals surface area contributed by atoms with Crippen molar-refractivity contribution in [1.82, 2.24) is 5.32 Å². The Kier molecular flexibility index (Phi) is 6.82. The lowest BCUT2D eigenvalue weighted by Crippen LogP contribution is -2.25. The van der Waals surface area contributed by atoms with E-state index < -0.39 is 0 Å². The molecule has 0 aromatic heterocycles. The van der Waals surface area contributed by atoms with Gasteiger partial charge in [0, 0.05) is 19.1 Å². The van der Waals surface area contributed by atoms with Crippen LogP contribution in [0, 0.1) is 5.92 Å². The molecule has 0 radical (unpaired) electrons. The maximum absolute atomic E-state index is 10.9. The summed E-state index contributed by atoms with van der Waals surface area (Å²) in [4.78, 5) is 10.9. The molecule has 1 saturated heterocycles. The van der Waals surface area contributed by atoms with Gasteiger partial charge in [0.05, 0.1) is 0 Å². The Hall–Kier alpha value is -0.410. The van der Waals surface area contributed by atoms with Crippen LogP contribution in [0.5, 0.6) is 0 Å². The van der Waals surface area contributed by atoms with Crippen molar-refractivity contribution >= 4 is 5.78 Å². The van der Waals surface area contributed by atoms with E-state index in [1.165, 1.54) is 12.8 Å². The Bertz CT molecular complexity index is 142. The van der Waals surface area contributed by atoms with Crippen molar-refractivity contribution in [3.63, 3.8) is 0 Å². The van der Waals surface area contributed by atoms with E-state index in [4.69, 9.17) is 5.11 Å². The van der Waals surface area contributed by atoms with Crippen LogP contribution in [0.25, 0.3) is 0 Å². The van der Waals surface area contributed by atoms with Crippen LogP contribution in [0.3, 0.4) is 0 Å². The van der Waals surface area contributed by atoms with Crippen molar-refractivity contribution in [3.05, 3.63) is 0 Å². The van der Waals surface area contributed by atoms with E-state index in [1.807, 2.05) is 6.92 Å². The molecule has 0 bridgehead atoms. The third kappa shape index (κ3) is 5.01. The Morgan fingerprint density at radius 1 is 1.62 bits per heavy atom. The fourth-order valence-corrected chi connectivity index (χ4v) is 1.55. The van der Waals surface area contributed by atoms with Crippen molar-refractivity contribution in [1.29, 1.82) is 0 Å². The quantitative estimate of drug-likeness (QED) is 0.692. The average Bonchev–Trinajstić information content (AvgIpc) is 2.60. The highest BCUT2D eigenvalue weighted by molar-refractivity contribution is 5.77. The van der Waals surface area contributed by atoms with Crippen LogP contribution in [-0.4, -0.2) is 30.6 Å². The van der Waals surface area contributed by atoms with Gasteiger partial charge in [-0.25, -0.2) is 0 Å². The standard InChI is InChI=1S/C9H17NO.CH4O/c1-7(8(2)11)6-9-4-3-5-10-9;1-2/h7,9-10H,3-6H2,1-2H3;2H,1H3/t7-,9+;/m1./s1. The maximum atomic E-state index is 10.9. The summed E-state index contributed by atoms with van der Waals surface area (Å²) in [5.74, 6) is 0.560. The highest BCUT2D eigenvalue weighted by Crippen LogP contribution is 2.14. The van der Waals surface area contributed by atoms with Crippen LogP contribution in [-0.2, 0) is 4.79 Å². The molecular weight excluding hydrogens is 166 g/mol. The van der Waals surface area contributed by atoms with Crippen molar-refractivity contribution < 1.29 is 9.90 Å². The third-order valence-corrected chi connectivity index (χ3v) is 2.49. The lowest BCUT2D eigenvalue weighted by atomic mass is 9.97. The first kappa shape index (κ1) is 12.6. The van der Waals surface area contributed by atoms with Gasteiger partial charge in [-0.05, 0) is 32.7 Å². The minimum Gasteiger partial charge on any atom is -0.400 e. The summed E-state index contributed by atoms with van der Waals surface area (Å²) in [5.41, 5.74) is 0. The number of hydrogen-bond donors (Lipinski definition) is 2. The molecule has 0 spiro atoms. The fourth-order valence-electron chi connectivity index (χ4n) is 1.55. The molecule has 0 amide bonds. The number of ketones is 1. The SMILES string of the molecule is CC(=O)[C@H](C)C[C@@H]1CCCN1.CO. The second-order valence-corrected chi connectivity index (χ2v) is 3.54. The Morgan fingerprint density at radius 3 is 2.62 bits per heavy atom. The molecule has 3 heteroatoms. The molecule has 2 N–H and O–H groups in total. The second-order valence-electron chi connectivity index (χ2n) is 3.54. The minimum atomic E-state index is 0.241. The highest BCUT2D eigenvalue weighted by atomic mass is 16.2. The first-order valence-electron chi connectivity index (χ1n) is 4.88. The molecule has 0 aliphatic carbocycles. The smallest absolute Gasteiger partial charge is 0.132 e. The van der Waals surface area contributed by atoms with Crippen LogP contribution in [0.4, 0.5) is 0 Å². The average molecular weight is 187 g/mol. The predicted molar refractivity (Wildman–Crippen MR) is 53.6 cm³/mol. The molecule has 0 aromatic carbocycles. The van der Waals surface area contributed by atoms with Crippen molar-refractivity contribution in [2.75, 3.05) is 13.7 Å². The Labute approximate surface area is 80.5 Å². The summed E-state index contributed by atoms with van der Waals surface area (Å²) in [6, 6.07) is 0.605. The summed E-state index contributed by atoms with van der Waals surface area (Å²) in [6.07, 6.45) is 3.54. The predicted octanol–water partition coefficient (Wildman–Crippen LogP) is 0.962. The highest BCUT2D eigenvalue weighted by Gasteiger charge is 2.18. The normalized spacial score (nSPS) is 23.2. The number of nitrogens with one attached hydrogen (secondary N) is 1. The Morgan fingerprint density at radius 2 is 2.23 bits per heavy atom. The molecule has 78 valence electrons. The largest absolute Gasteiger partial charge is 0.400 e. The third-order valence-electron chi connectivity index (χ3n) is 2.49. The van der Waals surface area contributed by atoms with Crippen molar-refractivity contribution in [2.24, 2.45) is 5.92 Å². The zero-order valence-corrected chi connectivity index (χ0v) is 8.84. The van der Waals surface area contributed by atoms with Gasteiger partial charge in [0.1, 0.15) is 5.78 Å². The number of carbonyl (C=O) groups excluding carboxylic acids is 1. The van der Waals surface area contributed by atoms with Gasteiger partial charge < -0.3 is 10.4 Å². The summed E-state index contributed by atoms with van der Waals surface area (Å²) >= 11 is 0. The topological polar surface area (TPSA) is 49.3 Å².